The molecule has 1 N–H and O–H groups in total. The summed E-state index contributed by atoms with van der Waals surface area (Å²) in [5.41, 5.74) is -0.393. The third-order valence-corrected chi connectivity index (χ3v) is 4.00. The smallest absolute Gasteiger partial charge is 0.271 e. The molecule has 0 saturated carbocycles. The minimum Gasteiger partial charge on any atom is -0.495 e. The van der Waals surface area contributed by atoms with Crippen molar-refractivity contribution in [1.29, 1.82) is 0 Å². The number of carbonyl (C=O) groups is 1. The molecular formula is C19H15F2N3O5. The van der Waals surface area contributed by atoms with Gasteiger partial charge >= 0.3 is 0 Å². The largest absolute Gasteiger partial charge is 0.495 e. The molecule has 1 heterocycles. The number of amides is 1. The standard InChI is InChI=1S/C19H15F2N3O5/c1-28-15-6-5-11(24(26)27)9-14(15)23-17(25)7-8-18-22-10-16(29-18)19-12(20)3-2-4-13(19)21/h2-6,9-10H,7-8H2,1H3,(H,23,25). The zero-order chi connectivity index (χ0) is 21.0. The molecule has 0 unspecified atom stereocenters. The first-order chi connectivity index (χ1) is 13.9. The van der Waals surface area contributed by atoms with Crippen LogP contribution in [0.15, 0.2) is 47.0 Å². The van der Waals surface area contributed by atoms with Crippen LogP contribution >= 0.6 is 0 Å². The van der Waals surface area contributed by atoms with Gasteiger partial charge in [0.15, 0.2) is 11.7 Å². The zero-order valence-electron chi connectivity index (χ0n) is 15.1. The number of carbonyl (C=O) groups excluding carboxylic acids is 1. The predicted octanol–water partition coefficient (Wildman–Crippen LogP) is 4.11. The number of benzene rings is 2. The second-order valence-corrected chi connectivity index (χ2v) is 5.90. The number of aromatic nitrogens is 1. The van der Waals surface area contributed by atoms with Gasteiger partial charge in [-0.15, -0.1) is 0 Å². The molecule has 0 radical (unpaired) electrons. The van der Waals surface area contributed by atoms with Crippen molar-refractivity contribution >= 4 is 17.3 Å². The second-order valence-electron chi connectivity index (χ2n) is 5.90. The maximum Gasteiger partial charge on any atom is 0.271 e. The number of nitrogens with one attached hydrogen (secondary N) is 1. The first-order valence-electron chi connectivity index (χ1n) is 8.40. The molecule has 1 amide bonds. The number of nitro groups is 1. The molecule has 0 aliphatic carbocycles. The average Bonchev–Trinajstić information content (AvgIpc) is 3.14. The summed E-state index contributed by atoms with van der Waals surface area (Å²) >= 11 is 0. The Morgan fingerprint density at radius 1 is 1.28 bits per heavy atom. The summed E-state index contributed by atoms with van der Waals surface area (Å²) in [5, 5.41) is 13.4. The van der Waals surface area contributed by atoms with Crippen molar-refractivity contribution in [2.24, 2.45) is 0 Å². The molecule has 8 nitrogen and oxygen atoms in total. The van der Waals surface area contributed by atoms with Crippen molar-refractivity contribution in [3.05, 3.63) is 70.2 Å². The number of nitrogens with zero attached hydrogens (tertiary/aromatic N) is 2. The van der Waals surface area contributed by atoms with Crippen molar-refractivity contribution in [2.45, 2.75) is 12.8 Å². The van der Waals surface area contributed by atoms with E-state index in [1.165, 1.54) is 37.6 Å². The quantitative estimate of drug-likeness (QED) is 0.470. The average molecular weight is 403 g/mol. The van der Waals surface area contributed by atoms with E-state index in [1.807, 2.05) is 0 Å². The van der Waals surface area contributed by atoms with Crippen molar-refractivity contribution < 1.29 is 27.7 Å². The second kappa shape index (κ2) is 8.46. The van der Waals surface area contributed by atoms with Gasteiger partial charge in [-0.25, -0.2) is 13.8 Å². The summed E-state index contributed by atoms with van der Waals surface area (Å²) < 4.78 is 38.0. The Morgan fingerprint density at radius 3 is 2.66 bits per heavy atom. The number of methoxy groups -OCH3 is 1. The number of hydrogen-bond donors (Lipinski definition) is 1. The third kappa shape index (κ3) is 4.54. The lowest BCUT2D eigenvalue weighted by Crippen LogP contribution is -2.13. The molecule has 29 heavy (non-hydrogen) atoms. The number of non-ortho nitro benzene ring substituents is 1. The summed E-state index contributed by atoms with van der Waals surface area (Å²) in [6.45, 7) is 0. The topological polar surface area (TPSA) is 108 Å². The van der Waals surface area contributed by atoms with Crippen LogP contribution in [-0.2, 0) is 11.2 Å². The van der Waals surface area contributed by atoms with Crippen molar-refractivity contribution in [3.8, 4) is 17.1 Å². The van der Waals surface area contributed by atoms with Crippen LogP contribution < -0.4 is 10.1 Å². The lowest BCUT2D eigenvalue weighted by molar-refractivity contribution is -0.384. The zero-order valence-corrected chi connectivity index (χ0v) is 15.1. The van der Waals surface area contributed by atoms with Crippen LogP contribution in [0.5, 0.6) is 5.75 Å². The highest BCUT2D eigenvalue weighted by Gasteiger charge is 2.17. The van der Waals surface area contributed by atoms with Crippen molar-refractivity contribution in [2.75, 3.05) is 12.4 Å². The molecule has 3 aromatic rings. The SMILES string of the molecule is COc1ccc([N+](=O)[O-])cc1NC(=O)CCc1ncc(-c2c(F)cccc2F)o1. The van der Waals surface area contributed by atoms with Crippen LogP contribution in [0.25, 0.3) is 11.3 Å². The highest BCUT2D eigenvalue weighted by atomic mass is 19.1. The molecule has 150 valence electrons. The van der Waals surface area contributed by atoms with E-state index in [0.717, 1.165) is 12.1 Å². The number of ether oxygens (including phenoxy) is 1. The number of anilines is 1. The van der Waals surface area contributed by atoms with E-state index in [4.69, 9.17) is 9.15 Å². The number of oxazole rings is 1. The van der Waals surface area contributed by atoms with Crippen LogP contribution in [0.2, 0.25) is 0 Å². The van der Waals surface area contributed by atoms with Crippen LogP contribution in [0.4, 0.5) is 20.2 Å². The Balaban J connectivity index is 1.67. The van der Waals surface area contributed by atoms with E-state index in [0.29, 0.717) is 0 Å². The fourth-order valence-electron chi connectivity index (χ4n) is 2.62. The molecule has 0 atom stereocenters. The van der Waals surface area contributed by atoms with Gasteiger partial charge in [0, 0.05) is 25.0 Å². The maximum atomic E-state index is 13.8. The normalized spacial score (nSPS) is 10.6. The third-order valence-electron chi connectivity index (χ3n) is 4.00. The van der Waals surface area contributed by atoms with Gasteiger partial charge in [-0.05, 0) is 18.2 Å². The molecule has 10 heteroatoms. The lowest BCUT2D eigenvalue weighted by Gasteiger charge is -2.09. The first kappa shape index (κ1) is 19.9. The summed E-state index contributed by atoms with van der Waals surface area (Å²) in [7, 11) is 1.37. The fourth-order valence-corrected chi connectivity index (χ4v) is 2.62. The molecule has 0 saturated heterocycles. The summed E-state index contributed by atoms with van der Waals surface area (Å²) in [5.74, 6) is -1.76. The molecule has 0 aliphatic heterocycles. The molecule has 1 aromatic heterocycles. The Hall–Kier alpha value is -3.82. The minimum absolute atomic E-state index is 0.0547. The van der Waals surface area contributed by atoms with E-state index in [2.05, 4.69) is 10.3 Å². The van der Waals surface area contributed by atoms with Gasteiger partial charge in [0.1, 0.15) is 17.4 Å². The number of nitro benzene ring substituents is 1. The monoisotopic (exact) mass is 403 g/mol. The highest BCUT2D eigenvalue weighted by Crippen LogP contribution is 2.29. The molecule has 3 rings (SSSR count). The maximum absolute atomic E-state index is 13.8. The number of halogens is 2. The van der Waals surface area contributed by atoms with Gasteiger partial charge in [0.25, 0.3) is 5.69 Å². The highest BCUT2D eigenvalue weighted by molar-refractivity contribution is 5.92. The van der Waals surface area contributed by atoms with Gasteiger partial charge in [-0.2, -0.15) is 0 Å². The van der Waals surface area contributed by atoms with Crippen molar-refractivity contribution in [3.63, 3.8) is 0 Å². The van der Waals surface area contributed by atoms with E-state index in [9.17, 15) is 23.7 Å². The Labute approximate surface area is 163 Å². The Morgan fingerprint density at radius 2 is 2.00 bits per heavy atom. The molecule has 0 spiro atoms. The van der Waals surface area contributed by atoms with Crippen LogP contribution in [0.1, 0.15) is 12.3 Å². The van der Waals surface area contributed by atoms with Crippen molar-refractivity contribution in [1.82, 2.24) is 4.98 Å². The van der Waals surface area contributed by atoms with E-state index in [1.54, 1.807) is 0 Å². The molecular weight excluding hydrogens is 388 g/mol. The molecule has 0 aliphatic rings. The van der Waals surface area contributed by atoms with Crippen LogP contribution in [0.3, 0.4) is 0 Å². The van der Waals surface area contributed by atoms with Gasteiger partial charge in [-0.1, -0.05) is 6.07 Å². The predicted molar refractivity (Wildman–Crippen MR) is 98.5 cm³/mol. The molecule has 0 fully saturated rings. The van der Waals surface area contributed by atoms with Gasteiger partial charge < -0.3 is 14.5 Å². The van der Waals surface area contributed by atoms with E-state index < -0.39 is 22.5 Å². The Kier molecular flexibility index (Phi) is 5.82. The van der Waals surface area contributed by atoms with Crippen LogP contribution in [-0.4, -0.2) is 22.9 Å². The molecule has 2 aromatic carbocycles. The van der Waals surface area contributed by atoms with Gasteiger partial charge in [0.2, 0.25) is 5.91 Å². The fraction of sp³-hybridized carbons (Fsp3) is 0.158. The van der Waals surface area contributed by atoms with E-state index >= 15 is 0 Å². The lowest BCUT2D eigenvalue weighted by atomic mass is 10.1. The van der Waals surface area contributed by atoms with Gasteiger partial charge in [-0.3, -0.25) is 14.9 Å². The number of hydrogen-bond acceptors (Lipinski definition) is 6. The van der Waals surface area contributed by atoms with Crippen LogP contribution in [0, 0.1) is 21.7 Å². The molecule has 0 bridgehead atoms. The number of rotatable bonds is 7. The van der Waals surface area contributed by atoms with Gasteiger partial charge in [0.05, 0.1) is 29.5 Å². The van der Waals surface area contributed by atoms with E-state index in [-0.39, 0.29) is 47.2 Å². The summed E-state index contributed by atoms with van der Waals surface area (Å²) in [6, 6.07) is 7.24. The number of aryl methyl sites for hydroxylation is 1. The first-order valence-corrected chi connectivity index (χ1v) is 8.40. The summed E-state index contributed by atoms with van der Waals surface area (Å²) in [6.07, 6.45) is 1.16. The Bertz CT molecular complexity index is 1050. The minimum atomic E-state index is -0.789. The summed E-state index contributed by atoms with van der Waals surface area (Å²) in [4.78, 5) is 26.4.